The van der Waals surface area contributed by atoms with Crippen LogP contribution in [0.2, 0.25) is 0 Å². The molecule has 1 aliphatic heterocycles. The minimum atomic E-state index is 0.514. The van der Waals surface area contributed by atoms with Crippen molar-refractivity contribution in [3.63, 3.8) is 0 Å². The SMILES string of the molecule is Cn1cc(-c2cccc3c2/C(=N/O)CCO3)c(-c2ccncc2)n1. The second-order valence-electron chi connectivity index (χ2n) is 5.62. The molecule has 0 saturated carbocycles. The molecular formula is C18H16N4O2. The summed E-state index contributed by atoms with van der Waals surface area (Å²) in [6.45, 7) is 0.514. The van der Waals surface area contributed by atoms with Gasteiger partial charge in [0.15, 0.2) is 0 Å². The van der Waals surface area contributed by atoms with E-state index in [4.69, 9.17) is 4.74 Å². The van der Waals surface area contributed by atoms with E-state index in [1.807, 2.05) is 43.6 Å². The summed E-state index contributed by atoms with van der Waals surface area (Å²) in [7, 11) is 1.89. The van der Waals surface area contributed by atoms with Crippen molar-refractivity contribution in [2.75, 3.05) is 6.61 Å². The first kappa shape index (κ1) is 14.4. The zero-order chi connectivity index (χ0) is 16.5. The number of nitrogens with zero attached hydrogens (tertiary/aromatic N) is 4. The molecule has 0 saturated heterocycles. The molecule has 3 aromatic rings. The van der Waals surface area contributed by atoms with Crippen LogP contribution in [-0.2, 0) is 7.05 Å². The maximum Gasteiger partial charge on any atom is 0.129 e. The summed E-state index contributed by atoms with van der Waals surface area (Å²) in [5.74, 6) is 0.732. The molecule has 0 spiro atoms. The lowest BCUT2D eigenvalue weighted by Gasteiger charge is -2.21. The number of oxime groups is 1. The molecule has 1 aliphatic rings. The number of pyridine rings is 1. The van der Waals surface area contributed by atoms with Gasteiger partial charge < -0.3 is 9.94 Å². The highest BCUT2D eigenvalue weighted by atomic mass is 16.5. The number of fused-ring (bicyclic) bond motifs is 1. The Labute approximate surface area is 139 Å². The van der Waals surface area contributed by atoms with Gasteiger partial charge in [-0.05, 0) is 23.8 Å². The van der Waals surface area contributed by atoms with E-state index < -0.39 is 0 Å². The first-order valence-electron chi connectivity index (χ1n) is 7.69. The van der Waals surface area contributed by atoms with Crippen LogP contribution < -0.4 is 4.74 Å². The van der Waals surface area contributed by atoms with E-state index >= 15 is 0 Å². The van der Waals surface area contributed by atoms with Crippen LogP contribution in [0, 0.1) is 0 Å². The van der Waals surface area contributed by atoms with Crippen molar-refractivity contribution < 1.29 is 9.94 Å². The highest BCUT2D eigenvalue weighted by Gasteiger charge is 2.24. The number of hydrogen-bond acceptors (Lipinski definition) is 5. The van der Waals surface area contributed by atoms with Crippen LogP contribution in [0.3, 0.4) is 0 Å². The van der Waals surface area contributed by atoms with E-state index in [9.17, 15) is 5.21 Å². The van der Waals surface area contributed by atoms with Crippen molar-refractivity contribution in [2.45, 2.75) is 6.42 Å². The van der Waals surface area contributed by atoms with Crippen LogP contribution in [0.1, 0.15) is 12.0 Å². The fraction of sp³-hybridized carbons (Fsp3) is 0.167. The van der Waals surface area contributed by atoms with Gasteiger partial charge in [-0.1, -0.05) is 17.3 Å². The molecule has 6 nitrogen and oxygen atoms in total. The summed E-state index contributed by atoms with van der Waals surface area (Å²) in [5, 5.41) is 17.5. The highest BCUT2D eigenvalue weighted by Crippen LogP contribution is 2.38. The number of ether oxygens (including phenoxy) is 1. The summed E-state index contributed by atoms with van der Waals surface area (Å²) >= 11 is 0. The monoisotopic (exact) mass is 320 g/mol. The molecule has 1 aromatic carbocycles. The number of aryl methyl sites for hydroxylation is 1. The Kier molecular flexibility index (Phi) is 3.49. The average Bonchev–Trinajstić information content (AvgIpc) is 3.03. The quantitative estimate of drug-likeness (QED) is 0.582. The standard InChI is InChI=1S/C18H16N4O2/c1-22-11-14(18(20-22)12-5-8-19-9-6-12)13-3-2-4-16-17(13)15(21-23)7-10-24-16/h2-6,8-9,11,23H,7,10H2,1H3/b21-15+. The molecule has 0 unspecified atom stereocenters. The molecule has 0 radical (unpaired) electrons. The molecule has 6 heteroatoms. The second-order valence-corrected chi connectivity index (χ2v) is 5.62. The van der Waals surface area contributed by atoms with Crippen molar-refractivity contribution in [1.29, 1.82) is 0 Å². The Hall–Kier alpha value is -3.15. The van der Waals surface area contributed by atoms with Gasteiger partial charge >= 0.3 is 0 Å². The Morgan fingerprint density at radius 2 is 2.00 bits per heavy atom. The van der Waals surface area contributed by atoms with Crippen LogP contribution in [0.25, 0.3) is 22.4 Å². The molecule has 120 valence electrons. The van der Waals surface area contributed by atoms with Gasteiger partial charge in [0.2, 0.25) is 0 Å². The number of benzene rings is 1. The van der Waals surface area contributed by atoms with Crippen molar-refractivity contribution in [1.82, 2.24) is 14.8 Å². The van der Waals surface area contributed by atoms with Gasteiger partial charge in [0.1, 0.15) is 11.4 Å². The van der Waals surface area contributed by atoms with E-state index in [0.717, 1.165) is 33.7 Å². The van der Waals surface area contributed by atoms with Gasteiger partial charge in [-0.25, -0.2) is 0 Å². The molecular weight excluding hydrogens is 304 g/mol. The second kappa shape index (κ2) is 5.81. The fourth-order valence-electron chi connectivity index (χ4n) is 3.06. The molecule has 0 aliphatic carbocycles. The van der Waals surface area contributed by atoms with Crippen LogP contribution in [0.15, 0.2) is 54.1 Å². The third-order valence-electron chi connectivity index (χ3n) is 4.10. The van der Waals surface area contributed by atoms with E-state index in [2.05, 4.69) is 15.2 Å². The minimum absolute atomic E-state index is 0.514. The van der Waals surface area contributed by atoms with Crippen molar-refractivity contribution in [3.8, 4) is 28.1 Å². The van der Waals surface area contributed by atoms with Gasteiger partial charge in [-0.2, -0.15) is 5.10 Å². The Morgan fingerprint density at radius 1 is 1.17 bits per heavy atom. The van der Waals surface area contributed by atoms with Crippen LogP contribution >= 0.6 is 0 Å². The van der Waals surface area contributed by atoms with E-state index in [1.165, 1.54) is 0 Å². The molecule has 0 amide bonds. The summed E-state index contributed by atoms with van der Waals surface area (Å²) in [4.78, 5) is 4.07. The van der Waals surface area contributed by atoms with E-state index in [-0.39, 0.29) is 0 Å². The lowest BCUT2D eigenvalue weighted by molar-refractivity contribution is 0.298. The third kappa shape index (κ3) is 2.32. The summed E-state index contributed by atoms with van der Waals surface area (Å²) < 4.78 is 7.52. The van der Waals surface area contributed by atoms with Crippen LogP contribution in [0.4, 0.5) is 0 Å². The predicted octanol–water partition coefficient (Wildman–Crippen LogP) is 3.11. The minimum Gasteiger partial charge on any atom is -0.492 e. The largest absolute Gasteiger partial charge is 0.492 e. The van der Waals surface area contributed by atoms with Gasteiger partial charge in [0.05, 0.1) is 12.3 Å². The summed E-state index contributed by atoms with van der Waals surface area (Å²) in [6, 6.07) is 9.70. The predicted molar refractivity (Wildman–Crippen MR) is 90.3 cm³/mol. The smallest absolute Gasteiger partial charge is 0.129 e. The lowest BCUT2D eigenvalue weighted by atomic mass is 9.92. The lowest BCUT2D eigenvalue weighted by Crippen LogP contribution is -2.17. The van der Waals surface area contributed by atoms with Crippen LogP contribution in [0.5, 0.6) is 5.75 Å². The number of hydrogen-bond donors (Lipinski definition) is 1. The molecule has 0 bridgehead atoms. The van der Waals surface area contributed by atoms with E-state index in [0.29, 0.717) is 18.7 Å². The van der Waals surface area contributed by atoms with Crippen molar-refractivity contribution >= 4 is 5.71 Å². The molecule has 4 rings (SSSR count). The molecule has 1 N–H and O–H groups in total. The first-order chi connectivity index (χ1) is 11.8. The highest BCUT2D eigenvalue weighted by molar-refractivity contribution is 6.09. The Balaban J connectivity index is 1.96. The topological polar surface area (TPSA) is 72.5 Å². The summed E-state index contributed by atoms with van der Waals surface area (Å²) in [6.07, 6.45) is 6.04. The molecule has 24 heavy (non-hydrogen) atoms. The Morgan fingerprint density at radius 3 is 2.79 bits per heavy atom. The van der Waals surface area contributed by atoms with E-state index in [1.54, 1.807) is 17.1 Å². The van der Waals surface area contributed by atoms with Gasteiger partial charge in [0.25, 0.3) is 0 Å². The van der Waals surface area contributed by atoms with Gasteiger partial charge in [-0.15, -0.1) is 0 Å². The normalized spacial score (nSPS) is 15.1. The third-order valence-corrected chi connectivity index (χ3v) is 4.10. The van der Waals surface area contributed by atoms with Gasteiger partial charge in [-0.3, -0.25) is 9.67 Å². The van der Waals surface area contributed by atoms with Crippen molar-refractivity contribution in [3.05, 3.63) is 54.5 Å². The number of rotatable bonds is 2. The average molecular weight is 320 g/mol. The zero-order valence-corrected chi connectivity index (χ0v) is 13.2. The maximum atomic E-state index is 9.40. The fourth-order valence-corrected chi connectivity index (χ4v) is 3.06. The number of aromatic nitrogens is 3. The molecule has 3 heterocycles. The molecule has 0 fully saturated rings. The van der Waals surface area contributed by atoms with Crippen molar-refractivity contribution in [2.24, 2.45) is 12.2 Å². The van der Waals surface area contributed by atoms with Gasteiger partial charge in [0, 0.05) is 48.7 Å². The maximum absolute atomic E-state index is 9.40. The molecule has 2 aromatic heterocycles. The Bertz CT molecular complexity index is 916. The summed E-state index contributed by atoms with van der Waals surface area (Å²) in [5.41, 5.74) is 5.21. The first-order valence-corrected chi connectivity index (χ1v) is 7.69. The molecule has 0 atom stereocenters. The van der Waals surface area contributed by atoms with Crippen LogP contribution in [-0.4, -0.2) is 32.3 Å². The zero-order valence-electron chi connectivity index (χ0n) is 13.2.